The molecule has 1 amide bonds. The van der Waals surface area contributed by atoms with Gasteiger partial charge in [-0.3, -0.25) is 14.3 Å². The van der Waals surface area contributed by atoms with Crippen molar-refractivity contribution in [3.63, 3.8) is 0 Å². The molecule has 32 heavy (non-hydrogen) atoms. The lowest BCUT2D eigenvalue weighted by molar-refractivity contribution is -0.135. The molecule has 4 aromatic rings. The zero-order valence-electron chi connectivity index (χ0n) is 17.5. The normalized spacial score (nSPS) is 16.6. The monoisotopic (exact) mass is 450 g/mol. The van der Waals surface area contributed by atoms with Crippen molar-refractivity contribution in [1.82, 2.24) is 29.0 Å². The second-order valence-corrected chi connectivity index (χ2v) is 9.24. The van der Waals surface area contributed by atoms with E-state index in [4.69, 9.17) is 9.72 Å². The third kappa shape index (κ3) is 3.13. The summed E-state index contributed by atoms with van der Waals surface area (Å²) in [5, 5.41) is 5.51. The number of thiophene rings is 1. The Bertz CT molecular complexity index is 1380. The highest BCUT2D eigenvalue weighted by Gasteiger charge is 2.26. The Kier molecular flexibility index (Phi) is 4.76. The van der Waals surface area contributed by atoms with E-state index in [1.165, 1.54) is 15.0 Å². The molecule has 0 aromatic carbocycles. The van der Waals surface area contributed by atoms with Crippen molar-refractivity contribution in [3.05, 3.63) is 45.5 Å². The van der Waals surface area contributed by atoms with Gasteiger partial charge < -0.3 is 9.64 Å². The second kappa shape index (κ2) is 7.79. The maximum atomic E-state index is 13.5. The summed E-state index contributed by atoms with van der Waals surface area (Å²) < 4.78 is 8.32. The molecule has 164 valence electrons. The predicted molar refractivity (Wildman–Crippen MR) is 120 cm³/mol. The van der Waals surface area contributed by atoms with E-state index in [0.29, 0.717) is 37.8 Å². The standard InChI is InChI=1S/C22H22N6O3S/c29-17(26-9-11-31-12-10-26)13-27-21-18(15-3-1-2-4-16(15)32-21)20-24-19(25-28(20)22(27)30)14-5-7-23-8-6-14/h5-8H,1-4,9-13H2. The lowest BCUT2D eigenvalue weighted by atomic mass is 9.97. The topological polar surface area (TPSA) is 94.6 Å². The number of ether oxygens (including phenoxy) is 1. The molecule has 6 rings (SSSR count). The van der Waals surface area contributed by atoms with Gasteiger partial charge in [0.15, 0.2) is 11.5 Å². The number of pyridine rings is 1. The van der Waals surface area contributed by atoms with Crippen molar-refractivity contribution in [3.8, 4) is 11.4 Å². The van der Waals surface area contributed by atoms with Gasteiger partial charge in [0, 0.05) is 35.9 Å². The number of hydrogen-bond acceptors (Lipinski definition) is 7. The fourth-order valence-electron chi connectivity index (χ4n) is 4.59. The molecule has 1 fully saturated rings. The SMILES string of the molecule is O=C(Cn1c(=O)n2nc(-c3ccncc3)nc2c2c3c(sc21)CCCC3)N1CCOCC1. The van der Waals surface area contributed by atoms with Crippen LogP contribution in [0.2, 0.25) is 0 Å². The molecular formula is C22H22N6O3S. The largest absolute Gasteiger partial charge is 0.378 e. The quantitative estimate of drug-likeness (QED) is 0.473. The Labute approximate surface area is 187 Å². The molecule has 4 aromatic heterocycles. The van der Waals surface area contributed by atoms with Crippen LogP contribution in [-0.2, 0) is 28.9 Å². The smallest absolute Gasteiger partial charge is 0.352 e. The van der Waals surface area contributed by atoms with Crippen LogP contribution in [0.1, 0.15) is 23.3 Å². The molecule has 0 N–H and O–H groups in total. The summed E-state index contributed by atoms with van der Waals surface area (Å²) in [5.41, 5.74) is 2.30. The lowest BCUT2D eigenvalue weighted by Gasteiger charge is -2.27. The number of fused-ring (bicyclic) bond motifs is 5. The van der Waals surface area contributed by atoms with Crippen LogP contribution >= 0.6 is 11.3 Å². The van der Waals surface area contributed by atoms with Crippen LogP contribution in [0.3, 0.4) is 0 Å². The molecule has 1 aliphatic carbocycles. The molecule has 0 bridgehead atoms. The van der Waals surface area contributed by atoms with Crippen molar-refractivity contribution in [2.45, 2.75) is 32.2 Å². The average Bonchev–Trinajstić information content (AvgIpc) is 3.45. The van der Waals surface area contributed by atoms with Crippen LogP contribution in [0.5, 0.6) is 0 Å². The molecule has 0 unspecified atom stereocenters. The Morgan fingerprint density at radius 2 is 1.91 bits per heavy atom. The summed E-state index contributed by atoms with van der Waals surface area (Å²) in [5.74, 6) is 0.413. The average molecular weight is 451 g/mol. The third-order valence-electron chi connectivity index (χ3n) is 6.24. The number of carbonyl (C=O) groups excluding carboxylic acids is 1. The van der Waals surface area contributed by atoms with Gasteiger partial charge in [0.25, 0.3) is 0 Å². The van der Waals surface area contributed by atoms with Gasteiger partial charge in [-0.05, 0) is 43.4 Å². The highest BCUT2D eigenvalue weighted by molar-refractivity contribution is 7.19. The number of aryl methyl sites for hydroxylation is 2. The van der Waals surface area contributed by atoms with E-state index in [1.54, 1.807) is 33.2 Å². The van der Waals surface area contributed by atoms with Crippen molar-refractivity contribution in [2.24, 2.45) is 0 Å². The summed E-state index contributed by atoms with van der Waals surface area (Å²) in [6.45, 7) is 2.15. The predicted octanol–water partition coefficient (Wildman–Crippen LogP) is 1.91. The summed E-state index contributed by atoms with van der Waals surface area (Å²) >= 11 is 1.63. The first-order valence-electron chi connectivity index (χ1n) is 10.9. The van der Waals surface area contributed by atoms with Gasteiger partial charge in [0.2, 0.25) is 5.91 Å². The molecular weight excluding hydrogens is 428 g/mol. The first kappa shape index (κ1) is 19.6. The summed E-state index contributed by atoms with van der Waals surface area (Å²) in [4.78, 5) is 39.3. The number of aromatic nitrogens is 5. The summed E-state index contributed by atoms with van der Waals surface area (Å²) in [6.07, 6.45) is 7.57. The molecule has 9 nitrogen and oxygen atoms in total. The minimum Gasteiger partial charge on any atom is -0.378 e. The van der Waals surface area contributed by atoms with Gasteiger partial charge in [0.05, 0.1) is 18.6 Å². The Morgan fingerprint density at radius 1 is 1.12 bits per heavy atom. The van der Waals surface area contributed by atoms with Crippen LogP contribution < -0.4 is 5.69 Å². The highest BCUT2D eigenvalue weighted by Crippen LogP contribution is 2.37. The van der Waals surface area contributed by atoms with Gasteiger partial charge in [-0.25, -0.2) is 9.78 Å². The van der Waals surface area contributed by atoms with Crippen molar-refractivity contribution in [1.29, 1.82) is 0 Å². The van der Waals surface area contributed by atoms with Crippen molar-refractivity contribution < 1.29 is 9.53 Å². The lowest BCUT2D eigenvalue weighted by Crippen LogP contribution is -2.44. The zero-order chi connectivity index (χ0) is 21.7. The molecule has 0 saturated carbocycles. The fourth-order valence-corrected chi connectivity index (χ4v) is 5.97. The van der Waals surface area contributed by atoms with E-state index in [9.17, 15) is 9.59 Å². The van der Waals surface area contributed by atoms with Crippen LogP contribution in [0.15, 0.2) is 29.3 Å². The van der Waals surface area contributed by atoms with Gasteiger partial charge in [-0.1, -0.05) is 0 Å². The first-order chi connectivity index (χ1) is 15.7. The summed E-state index contributed by atoms with van der Waals surface area (Å²) in [7, 11) is 0. The zero-order valence-corrected chi connectivity index (χ0v) is 18.3. The van der Waals surface area contributed by atoms with Crippen LogP contribution in [0.25, 0.3) is 27.3 Å². The van der Waals surface area contributed by atoms with Crippen LogP contribution in [0.4, 0.5) is 0 Å². The van der Waals surface area contributed by atoms with E-state index in [1.807, 2.05) is 12.1 Å². The van der Waals surface area contributed by atoms with E-state index in [2.05, 4.69) is 10.1 Å². The van der Waals surface area contributed by atoms with E-state index in [-0.39, 0.29) is 18.1 Å². The minimum absolute atomic E-state index is 0.00484. The van der Waals surface area contributed by atoms with Gasteiger partial charge in [-0.2, -0.15) is 4.52 Å². The number of rotatable bonds is 3. The first-order valence-corrected chi connectivity index (χ1v) is 11.7. The Morgan fingerprint density at radius 3 is 2.72 bits per heavy atom. The van der Waals surface area contributed by atoms with E-state index in [0.717, 1.165) is 41.5 Å². The summed E-state index contributed by atoms with van der Waals surface area (Å²) in [6, 6.07) is 3.66. The van der Waals surface area contributed by atoms with Crippen LogP contribution in [0, 0.1) is 0 Å². The maximum absolute atomic E-state index is 13.5. The molecule has 2 aliphatic rings. The molecule has 1 aliphatic heterocycles. The number of nitrogens with zero attached hydrogens (tertiary/aromatic N) is 6. The fraction of sp³-hybridized carbons (Fsp3) is 0.409. The maximum Gasteiger partial charge on any atom is 0.352 e. The second-order valence-electron chi connectivity index (χ2n) is 8.16. The molecule has 0 atom stereocenters. The molecule has 1 saturated heterocycles. The molecule has 0 radical (unpaired) electrons. The molecule has 0 spiro atoms. The number of amides is 1. The van der Waals surface area contributed by atoms with Crippen molar-refractivity contribution >= 4 is 33.1 Å². The minimum atomic E-state index is -0.333. The number of morpholine rings is 1. The van der Waals surface area contributed by atoms with Gasteiger partial charge in [0.1, 0.15) is 11.4 Å². The van der Waals surface area contributed by atoms with Crippen LogP contribution in [-0.4, -0.2) is 61.3 Å². The Balaban J connectivity index is 1.56. The highest BCUT2D eigenvalue weighted by atomic mass is 32.1. The third-order valence-corrected chi connectivity index (χ3v) is 7.55. The van der Waals surface area contributed by atoms with Gasteiger partial charge >= 0.3 is 5.69 Å². The Hall–Kier alpha value is -3.11. The van der Waals surface area contributed by atoms with Gasteiger partial charge in [-0.15, -0.1) is 16.4 Å². The molecule has 10 heteroatoms. The van der Waals surface area contributed by atoms with E-state index < -0.39 is 0 Å². The van der Waals surface area contributed by atoms with Crippen molar-refractivity contribution in [2.75, 3.05) is 26.3 Å². The van der Waals surface area contributed by atoms with E-state index >= 15 is 0 Å². The molecule has 5 heterocycles. The number of carbonyl (C=O) groups is 1. The number of hydrogen-bond donors (Lipinski definition) is 0.